The fraction of sp³-hybridized carbons (Fsp3) is 0.455. The van der Waals surface area contributed by atoms with Gasteiger partial charge in [0.15, 0.2) is 0 Å². The molecule has 0 spiro atoms. The lowest BCUT2D eigenvalue weighted by molar-refractivity contribution is 0.443. The quantitative estimate of drug-likeness (QED) is 0.899. The highest BCUT2D eigenvalue weighted by Gasteiger charge is 2.27. The molecular formula is C11H15BrN2O2S2. The molecule has 1 aliphatic heterocycles. The number of sulfonamides is 1. The second-order valence-electron chi connectivity index (χ2n) is 3.99. The number of benzene rings is 1. The van der Waals surface area contributed by atoms with Crippen molar-refractivity contribution < 1.29 is 8.42 Å². The molecule has 100 valence electrons. The number of nitrogens with zero attached hydrogens (tertiary/aromatic N) is 1. The molecule has 4 nitrogen and oxygen atoms in total. The van der Waals surface area contributed by atoms with E-state index in [2.05, 4.69) is 15.9 Å². The summed E-state index contributed by atoms with van der Waals surface area (Å²) in [5, 5.41) is 0. The highest BCUT2D eigenvalue weighted by Crippen LogP contribution is 2.27. The number of hydrogen-bond acceptors (Lipinski definition) is 4. The molecule has 0 aliphatic carbocycles. The zero-order valence-corrected chi connectivity index (χ0v) is 13.0. The van der Waals surface area contributed by atoms with Crippen LogP contribution in [0, 0.1) is 0 Å². The third-order valence-corrected chi connectivity index (χ3v) is 6.64. The Bertz CT molecular complexity index is 528. The Hall–Kier alpha value is -0.0800. The van der Waals surface area contributed by atoms with Crippen LogP contribution in [0.4, 0.5) is 0 Å². The molecule has 7 heteroatoms. The predicted octanol–water partition coefficient (Wildman–Crippen LogP) is 1.65. The van der Waals surface area contributed by atoms with E-state index in [-0.39, 0.29) is 0 Å². The lowest BCUT2D eigenvalue weighted by Crippen LogP contribution is -2.38. The van der Waals surface area contributed by atoms with Gasteiger partial charge in [-0.1, -0.05) is 6.07 Å². The van der Waals surface area contributed by atoms with Crippen LogP contribution < -0.4 is 5.73 Å². The number of thioether (sulfide) groups is 1. The second kappa shape index (κ2) is 5.92. The molecule has 0 radical (unpaired) electrons. The summed E-state index contributed by atoms with van der Waals surface area (Å²) in [5.74, 6) is 1.72. The molecule has 0 aromatic heterocycles. The summed E-state index contributed by atoms with van der Waals surface area (Å²) in [6.07, 6.45) is 0. The third-order valence-electron chi connectivity index (χ3n) is 2.82. The summed E-state index contributed by atoms with van der Waals surface area (Å²) in [4.78, 5) is 0.326. The van der Waals surface area contributed by atoms with Crippen LogP contribution >= 0.6 is 27.7 Å². The Morgan fingerprint density at radius 2 is 2.00 bits per heavy atom. The summed E-state index contributed by atoms with van der Waals surface area (Å²) < 4.78 is 27.1. The predicted molar refractivity (Wildman–Crippen MR) is 78.1 cm³/mol. The first kappa shape index (κ1) is 14.3. The molecule has 1 heterocycles. The molecular weight excluding hydrogens is 336 g/mol. The summed E-state index contributed by atoms with van der Waals surface area (Å²) in [6.45, 7) is 1.56. The zero-order chi connectivity index (χ0) is 13.2. The minimum absolute atomic E-state index is 0.326. The molecule has 2 N–H and O–H groups in total. The van der Waals surface area contributed by atoms with Crippen molar-refractivity contribution in [2.45, 2.75) is 11.4 Å². The van der Waals surface area contributed by atoms with Gasteiger partial charge in [-0.05, 0) is 33.6 Å². The summed E-state index contributed by atoms with van der Waals surface area (Å²) in [6, 6.07) is 5.16. The van der Waals surface area contributed by atoms with E-state index in [1.165, 1.54) is 0 Å². The fourth-order valence-corrected chi connectivity index (χ4v) is 5.47. The topological polar surface area (TPSA) is 63.4 Å². The Labute approximate surface area is 120 Å². The second-order valence-corrected chi connectivity index (χ2v) is 7.97. The van der Waals surface area contributed by atoms with Gasteiger partial charge in [0, 0.05) is 35.6 Å². The van der Waals surface area contributed by atoms with Crippen molar-refractivity contribution in [3.05, 3.63) is 28.2 Å². The van der Waals surface area contributed by atoms with E-state index in [1.54, 1.807) is 34.3 Å². The summed E-state index contributed by atoms with van der Waals surface area (Å²) in [7, 11) is -3.39. The highest BCUT2D eigenvalue weighted by molar-refractivity contribution is 9.10. The maximum absolute atomic E-state index is 12.5. The van der Waals surface area contributed by atoms with E-state index in [9.17, 15) is 8.42 Å². The monoisotopic (exact) mass is 350 g/mol. The molecule has 1 fully saturated rings. The average Bonchev–Trinajstić information content (AvgIpc) is 2.39. The van der Waals surface area contributed by atoms with Gasteiger partial charge in [-0.15, -0.1) is 0 Å². The van der Waals surface area contributed by atoms with Crippen LogP contribution in [-0.4, -0.2) is 37.3 Å². The van der Waals surface area contributed by atoms with Crippen molar-refractivity contribution in [3.63, 3.8) is 0 Å². The van der Waals surface area contributed by atoms with E-state index in [0.29, 0.717) is 29.0 Å². The van der Waals surface area contributed by atoms with Crippen molar-refractivity contribution in [3.8, 4) is 0 Å². The number of halogens is 1. The van der Waals surface area contributed by atoms with Gasteiger partial charge in [-0.2, -0.15) is 16.1 Å². The Morgan fingerprint density at radius 1 is 1.33 bits per heavy atom. The van der Waals surface area contributed by atoms with Crippen molar-refractivity contribution in [1.29, 1.82) is 0 Å². The Morgan fingerprint density at radius 3 is 2.56 bits per heavy atom. The minimum atomic E-state index is -3.39. The van der Waals surface area contributed by atoms with Crippen LogP contribution in [0.3, 0.4) is 0 Å². The standard InChI is InChI=1S/C11H15BrN2O2S2/c12-10-7-9(8-13)1-2-11(10)18(15,16)14-3-5-17-6-4-14/h1-2,7H,3-6,8,13H2. The van der Waals surface area contributed by atoms with Crippen LogP contribution in [0.1, 0.15) is 5.56 Å². The smallest absolute Gasteiger partial charge is 0.244 e. The largest absolute Gasteiger partial charge is 0.326 e. The molecule has 0 atom stereocenters. The number of nitrogens with two attached hydrogens (primary N) is 1. The molecule has 1 aromatic rings. The van der Waals surface area contributed by atoms with Crippen LogP contribution in [0.15, 0.2) is 27.6 Å². The fourth-order valence-electron chi connectivity index (χ4n) is 1.81. The molecule has 1 aliphatic rings. The summed E-state index contributed by atoms with van der Waals surface area (Å²) >= 11 is 5.11. The van der Waals surface area contributed by atoms with E-state index in [0.717, 1.165) is 17.1 Å². The van der Waals surface area contributed by atoms with Crippen molar-refractivity contribution in [1.82, 2.24) is 4.31 Å². The molecule has 18 heavy (non-hydrogen) atoms. The maximum atomic E-state index is 12.5. The number of rotatable bonds is 3. The molecule has 2 rings (SSSR count). The van der Waals surface area contributed by atoms with Crippen molar-refractivity contribution in [2.24, 2.45) is 5.73 Å². The van der Waals surface area contributed by atoms with Gasteiger partial charge in [-0.25, -0.2) is 8.42 Å². The van der Waals surface area contributed by atoms with E-state index in [4.69, 9.17) is 5.73 Å². The van der Waals surface area contributed by atoms with Crippen LogP contribution in [0.5, 0.6) is 0 Å². The van der Waals surface area contributed by atoms with Crippen LogP contribution in [-0.2, 0) is 16.6 Å². The molecule has 0 bridgehead atoms. The van der Waals surface area contributed by atoms with Crippen molar-refractivity contribution in [2.75, 3.05) is 24.6 Å². The first-order valence-corrected chi connectivity index (χ1v) is 9.01. The van der Waals surface area contributed by atoms with Gasteiger partial charge in [0.1, 0.15) is 0 Å². The molecule has 1 saturated heterocycles. The zero-order valence-electron chi connectivity index (χ0n) is 9.80. The Balaban J connectivity index is 2.34. The van der Waals surface area contributed by atoms with Gasteiger partial charge >= 0.3 is 0 Å². The first-order chi connectivity index (χ1) is 8.55. The average molecular weight is 351 g/mol. The van der Waals surface area contributed by atoms with Gasteiger partial charge in [0.25, 0.3) is 0 Å². The first-order valence-electron chi connectivity index (χ1n) is 5.62. The van der Waals surface area contributed by atoms with Gasteiger partial charge in [0.05, 0.1) is 4.90 Å². The van der Waals surface area contributed by atoms with Crippen LogP contribution in [0.2, 0.25) is 0 Å². The molecule has 0 unspecified atom stereocenters. The lowest BCUT2D eigenvalue weighted by Gasteiger charge is -2.26. The maximum Gasteiger partial charge on any atom is 0.244 e. The summed E-state index contributed by atoms with van der Waals surface area (Å²) in [5.41, 5.74) is 6.45. The lowest BCUT2D eigenvalue weighted by atomic mass is 10.2. The third kappa shape index (κ3) is 2.91. The normalized spacial score (nSPS) is 17.9. The highest BCUT2D eigenvalue weighted by atomic mass is 79.9. The van der Waals surface area contributed by atoms with Gasteiger partial charge in [-0.3, -0.25) is 0 Å². The van der Waals surface area contributed by atoms with Gasteiger partial charge < -0.3 is 5.73 Å². The van der Waals surface area contributed by atoms with E-state index >= 15 is 0 Å². The molecule has 0 amide bonds. The van der Waals surface area contributed by atoms with Gasteiger partial charge in [0.2, 0.25) is 10.0 Å². The number of hydrogen-bond donors (Lipinski definition) is 1. The Kier molecular flexibility index (Phi) is 4.71. The van der Waals surface area contributed by atoms with E-state index in [1.807, 2.05) is 0 Å². The minimum Gasteiger partial charge on any atom is -0.326 e. The molecule has 1 aromatic carbocycles. The van der Waals surface area contributed by atoms with Crippen LogP contribution in [0.25, 0.3) is 0 Å². The molecule has 0 saturated carbocycles. The SMILES string of the molecule is NCc1ccc(S(=O)(=O)N2CCSCC2)c(Br)c1. The van der Waals surface area contributed by atoms with Crippen molar-refractivity contribution >= 4 is 37.7 Å². The van der Waals surface area contributed by atoms with E-state index < -0.39 is 10.0 Å².